The van der Waals surface area contributed by atoms with E-state index in [1.54, 1.807) is 19.9 Å². The highest BCUT2D eigenvalue weighted by atomic mass is 79.9. The second-order valence-electron chi connectivity index (χ2n) is 5.66. The number of nitrogens with one attached hydrogen (secondary N) is 3. The number of aromatic nitrogens is 1. The van der Waals surface area contributed by atoms with Crippen molar-refractivity contribution in [1.29, 1.82) is 0 Å². The summed E-state index contributed by atoms with van der Waals surface area (Å²) >= 11 is 3.19. The van der Waals surface area contributed by atoms with E-state index in [-0.39, 0.29) is 18.5 Å². The van der Waals surface area contributed by atoms with Gasteiger partial charge in [-0.3, -0.25) is 35.1 Å². The molecule has 0 unspecified atom stereocenters. The van der Waals surface area contributed by atoms with E-state index >= 15 is 0 Å². The maximum atomic E-state index is 12.0. The molecule has 0 bridgehead atoms. The van der Waals surface area contributed by atoms with Gasteiger partial charge in [0, 0.05) is 29.8 Å². The molecule has 5 amide bonds. The average molecular weight is 398 g/mol. The van der Waals surface area contributed by atoms with Crippen LogP contribution in [0.15, 0.2) is 22.9 Å². The van der Waals surface area contributed by atoms with Gasteiger partial charge >= 0.3 is 6.03 Å². The summed E-state index contributed by atoms with van der Waals surface area (Å²) in [5.41, 5.74) is 3.75. The van der Waals surface area contributed by atoms with E-state index < -0.39 is 29.3 Å². The molecule has 0 aliphatic carbocycles. The SMILES string of the molecule is CC1(C)NC(=O)N(CCC(=O)NNC(=O)c2cncc(Br)c2)C1=O. The van der Waals surface area contributed by atoms with Crippen LogP contribution in [0, 0.1) is 0 Å². The standard InChI is InChI=1S/C14H16BrN5O4/c1-14(2)12(23)20(13(24)17-14)4-3-10(21)18-19-11(22)8-5-9(15)7-16-6-8/h5-7H,3-4H2,1-2H3,(H,17,24)(H,18,21)(H,19,22). The van der Waals surface area contributed by atoms with Gasteiger partial charge in [0.05, 0.1) is 5.56 Å². The Morgan fingerprint density at radius 2 is 2.00 bits per heavy atom. The van der Waals surface area contributed by atoms with Gasteiger partial charge in [-0.25, -0.2) is 4.79 Å². The number of hydrazine groups is 1. The van der Waals surface area contributed by atoms with Gasteiger partial charge < -0.3 is 5.32 Å². The summed E-state index contributed by atoms with van der Waals surface area (Å²) in [5, 5.41) is 2.52. The first-order valence-corrected chi connectivity index (χ1v) is 7.84. The number of hydrogen-bond donors (Lipinski definition) is 3. The maximum absolute atomic E-state index is 12.0. The first kappa shape index (κ1) is 17.9. The monoisotopic (exact) mass is 397 g/mol. The second-order valence-corrected chi connectivity index (χ2v) is 6.57. The molecule has 0 radical (unpaired) electrons. The molecule has 9 nitrogen and oxygen atoms in total. The molecule has 0 saturated carbocycles. The summed E-state index contributed by atoms with van der Waals surface area (Å²) in [6.45, 7) is 3.09. The smallest absolute Gasteiger partial charge is 0.324 e. The molecule has 1 fully saturated rings. The summed E-state index contributed by atoms with van der Waals surface area (Å²) in [5.74, 6) is -1.46. The van der Waals surface area contributed by atoms with Crippen molar-refractivity contribution in [2.24, 2.45) is 0 Å². The van der Waals surface area contributed by atoms with Crippen molar-refractivity contribution in [2.75, 3.05) is 6.54 Å². The van der Waals surface area contributed by atoms with Crippen LogP contribution in [-0.2, 0) is 9.59 Å². The van der Waals surface area contributed by atoms with Gasteiger partial charge in [0.2, 0.25) is 5.91 Å². The van der Waals surface area contributed by atoms with Crippen LogP contribution in [-0.4, -0.2) is 45.7 Å². The van der Waals surface area contributed by atoms with Gasteiger partial charge in [0.15, 0.2) is 0 Å². The average Bonchev–Trinajstić information content (AvgIpc) is 2.71. The van der Waals surface area contributed by atoms with Gasteiger partial charge in [0.1, 0.15) is 5.54 Å². The summed E-state index contributed by atoms with van der Waals surface area (Å²) in [6, 6.07) is 1.01. The number of urea groups is 1. The molecule has 2 rings (SSSR count). The fourth-order valence-electron chi connectivity index (χ4n) is 2.03. The summed E-state index contributed by atoms with van der Waals surface area (Å²) in [6.07, 6.45) is 2.74. The summed E-state index contributed by atoms with van der Waals surface area (Å²) < 4.78 is 0.627. The van der Waals surface area contributed by atoms with Crippen molar-refractivity contribution < 1.29 is 19.2 Å². The molecule has 3 N–H and O–H groups in total. The molecule has 10 heteroatoms. The van der Waals surface area contributed by atoms with Crippen molar-refractivity contribution in [1.82, 2.24) is 26.1 Å². The van der Waals surface area contributed by atoms with Gasteiger partial charge in [-0.2, -0.15) is 0 Å². The number of nitrogens with zero attached hydrogens (tertiary/aromatic N) is 2. The van der Waals surface area contributed by atoms with Crippen LogP contribution in [0.5, 0.6) is 0 Å². The molecule has 1 aliphatic rings. The van der Waals surface area contributed by atoms with Crippen LogP contribution in [0.4, 0.5) is 4.79 Å². The van der Waals surface area contributed by atoms with Gasteiger partial charge in [0.25, 0.3) is 11.8 Å². The van der Waals surface area contributed by atoms with Crippen LogP contribution in [0.1, 0.15) is 30.6 Å². The first-order chi connectivity index (χ1) is 11.2. The van der Waals surface area contributed by atoms with Crippen LogP contribution < -0.4 is 16.2 Å². The highest BCUT2D eigenvalue weighted by Crippen LogP contribution is 2.16. The third kappa shape index (κ3) is 4.07. The number of rotatable bonds is 4. The fourth-order valence-corrected chi connectivity index (χ4v) is 2.40. The van der Waals surface area contributed by atoms with E-state index in [1.807, 2.05) is 0 Å². The maximum Gasteiger partial charge on any atom is 0.325 e. The third-order valence-electron chi connectivity index (χ3n) is 3.29. The zero-order chi connectivity index (χ0) is 17.9. The number of halogens is 1. The molecular formula is C14H16BrN5O4. The predicted molar refractivity (Wildman–Crippen MR) is 86.5 cm³/mol. The molecular weight excluding hydrogens is 382 g/mol. The summed E-state index contributed by atoms with van der Waals surface area (Å²) in [7, 11) is 0. The molecule has 0 aromatic carbocycles. The topological polar surface area (TPSA) is 120 Å². The van der Waals surface area contributed by atoms with Crippen molar-refractivity contribution in [3.63, 3.8) is 0 Å². The molecule has 2 heterocycles. The lowest BCUT2D eigenvalue weighted by atomic mass is 10.1. The van der Waals surface area contributed by atoms with Crippen molar-refractivity contribution in [3.8, 4) is 0 Å². The van der Waals surface area contributed by atoms with E-state index in [1.165, 1.54) is 12.4 Å². The Morgan fingerprint density at radius 3 is 2.58 bits per heavy atom. The zero-order valence-electron chi connectivity index (χ0n) is 13.1. The minimum Gasteiger partial charge on any atom is -0.324 e. The number of carbonyl (C=O) groups excluding carboxylic acids is 4. The zero-order valence-corrected chi connectivity index (χ0v) is 14.6. The highest BCUT2D eigenvalue weighted by Gasteiger charge is 2.43. The second kappa shape index (κ2) is 6.95. The third-order valence-corrected chi connectivity index (χ3v) is 3.72. The molecule has 24 heavy (non-hydrogen) atoms. The van der Waals surface area contributed by atoms with Crippen LogP contribution in [0.25, 0.3) is 0 Å². The van der Waals surface area contributed by atoms with E-state index in [4.69, 9.17) is 0 Å². The van der Waals surface area contributed by atoms with Crippen molar-refractivity contribution in [2.45, 2.75) is 25.8 Å². The molecule has 0 atom stereocenters. The van der Waals surface area contributed by atoms with Crippen molar-refractivity contribution >= 4 is 39.7 Å². The van der Waals surface area contributed by atoms with E-state index in [0.29, 0.717) is 4.47 Å². The Morgan fingerprint density at radius 1 is 1.29 bits per heavy atom. The number of carbonyl (C=O) groups is 4. The Balaban J connectivity index is 1.81. The predicted octanol–water partition coefficient (Wildman–Crippen LogP) is 0.326. The Bertz CT molecular complexity index is 706. The van der Waals surface area contributed by atoms with Gasteiger partial charge in [-0.1, -0.05) is 0 Å². The lowest BCUT2D eigenvalue weighted by Crippen LogP contribution is -2.44. The first-order valence-electron chi connectivity index (χ1n) is 7.04. The minimum atomic E-state index is -0.977. The summed E-state index contributed by atoms with van der Waals surface area (Å²) in [4.78, 5) is 52.0. The number of amides is 5. The van der Waals surface area contributed by atoms with Crippen LogP contribution >= 0.6 is 15.9 Å². The Hall–Kier alpha value is -2.49. The molecule has 1 aromatic rings. The Kier molecular flexibility index (Phi) is 5.17. The Labute approximate surface area is 146 Å². The largest absolute Gasteiger partial charge is 0.325 e. The number of imide groups is 1. The van der Waals surface area contributed by atoms with Crippen LogP contribution in [0.3, 0.4) is 0 Å². The fraction of sp³-hybridized carbons (Fsp3) is 0.357. The molecule has 128 valence electrons. The van der Waals surface area contributed by atoms with Crippen LogP contribution in [0.2, 0.25) is 0 Å². The quantitative estimate of drug-likeness (QED) is 0.499. The lowest BCUT2D eigenvalue weighted by molar-refractivity contribution is -0.130. The molecule has 1 aromatic heterocycles. The number of pyridine rings is 1. The highest BCUT2D eigenvalue weighted by molar-refractivity contribution is 9.10. The van der Waals surface area contributed by atoms with Crippen molar-refractivity contribution in [3.05, 3.63) is 28.5 Å². The normalized spacial score (nSPS) is 15.9. The molecule has 0 spiro atoms. The minimum absolute atomic E-state index is 0.0752. The lowest BCUT2D eigenvalue weighted by Gasteiger charge is -2.15. The molecule has 1 aliphatic heterocycles. The number of hydrogen-bond acceptors (Lipinski definition) is 5. The molecule has 1 saturated heterocycles. The van der Waals surface area contributed by atoms with E-state index in [2.05, 4.69) is 37.1 Å². The van der Waals surface area contributed by atoms with E-state index in [0.717, 1.165) is 4.90 Å². The van der Waals surface area contributed by atoms with E-state index in [9.17, 15) is 19.2 Å². The van der Waals surface area contributed by atoms with Gasteiger partial charge in [-0.15, -0.1) is 0 Å². The van der Waals surface area contributed by atoms with Gasteiger partial charge in [-0.05, 0) is 35.8 Å².